The number of rotatable bonds is 5. The Morgan fingerprint density at radius 1 is 0.972 bits per heavy atom. The van der Waals surface area contributed by atoms with Crippen molar-refractivity contribution in [1.29, 1.82) is 0 Å². The Kier molecular flexibility index (Phi) is 5.91. The predicted octanol–water partition coefficient (Wildman–Crippen LogP) is 4.80. The number of aromatic hydroxyl groups is 1. The molecule has 9 heteroatoms. The van der Waals surface area contributed by atoms with Gasteiger partial charge in [-0.15, -0.1) is 10.2 Å². The minimum absolute atomic E-state index is 0.0598. The van der Waals surface area contributed by atoms with Crippen LogP contribution in [0.1, 0.15) is 16.2 Å². The summed E-state index contributed by atoms with van der Waals surface area (Å²) in [5.74, 6) is -0.0800. The van der Waals surface area contributed by atoms with Crippen LogP contribution < -0.4 is 5.56 Å². The fourth-order valence-corrected chi connectivity index (χ4v) is 4.25. The second kappa shape index (κ2) is 9.20. The Bertz CT molecular complexity index is 1700. The van der Waals surface area contributed by atoms with E-state index >= 15 is 0 Å². The Morgan fingerprint density at radius 3 is 2.36 bits per heavy atom. The van der Waals surface area contributed by atoms with Crippen molar-refractivity contribution in [3.05, 3.63) is 94.5 Å². The lowest BCUT2D eigenvalue weighted by Crippen LogP contribution is -2.22. The fourth-order valence-electron chi connectivity index (χ4n) is 4.25. The third-order valence-electron chi connectivity index (χ3n) is 5.90. The summed E-state index contributed by atoms with van der Waals surface area (Å²) < 4.78 is 3.22. The number of amides is 1. The van der Waals surface area contributed by atoms with Crippen molar-refractivity contribution in [2.45, 2.75) is 13.6 Å². The van der Waals surface area contributed by atoms with E-state index in [2.05, 4.69) is 15.2 Å². The van der Waals surface area contributed by atoms with E-state index < -0.39 is 5.91 Å². The average molecular weight is 481 g/mol. The van der Waals surface area contributed by atoms with E-state index in [4.69, 9.17) is 0 Å². The van der Waals surface area contributed by atoms with Gasteiger partial charge in [0.1, 0.15) is 5.82 Å². The first kappa shape index (κ1) is 23.1. The third kappa shape index (κ3) is 4.05. The highest BCUT2D eigenvalue weighted by Gasteiger charge is 2.17. The van der Waals surface area contributed by atoms with Crippen LogP contribution in [-0.2, 0) is 6.67 Å². The average Bonchev–Trinajstić information content (AvgIpc) is 3.13. The highest BCUT2D eigenvalue weighted by molar-refractivity contribution is 5.97. The van der Waals surface area contributed by atoms with Crippen molar-refractivity contribution in [3.8, 4) is 11.6 Å². The Labute approximate surface area is 206 Å². The minimum Gasteiger partial charge on any atom is -0.493 e. The summed E-state index contributed by atoms with van der Waals surface area (Å²) in [6.07, 6.45) is 0. The van der Waals surface area contributed by atoms with Crippen molar-refractivity contribution in [3.63, 3.8) is 0 Å². The molecule has 2 aromatic heterocycles. The van der Waals surface area contributed by atoms with Gasteiger partial charge >= 0.3 is 0 Å². The van der Waals surface area contributed by atoms with Gasteiger partial charge in [0.05, 0.1) is 28.8 Å². The molecule has 0 saturated carbocycles. The zero-order valence-electron chi connectivity index (χ0n) is 20.1. The number of azo groups is 1. The summed E-state index contributed by atoms with van der Waals surface area (Å²) in [7, 11) is 3.79. The highest BCUT2D eigenvalue weighted by Crippen LogP contribution is 2.38. The monoisotopic (exact) mass is 480 g/mol. The first-order valence-corrected chi connectivity index (χ1v) is 11.3. The molecule has 0 radical (unpaired) electrons. The second-order valence-corrected chi connectivity index (χ2v) is 8.71. The lowest BCUT2D eigenvalue weighted by molar-refractivity contribution is 0.0995. The van der Waals surface area contributed by atoms with Crippen molar-refractivity contribution >= 4 is 33.4 Å². The fraction of sp³-hybridized carbons (Fsp3) is 0.148. The Hall–Kier alpha value is -4.63. The molecule has 0 fully saturated rings. The zero-order valence-corrected chi connectivity index (χ0v) is 20.1. The molecule has 0 spiro atoms. The summed E-state index contributed by atoms with van der Waals surface area (Å²) in [6.45, 7) is 2.21. The molecular formula is C27H24N6O3. The van der Waals surface area contributed by atoms with E-state index in [1.807, 2.05) is 49.3 Å². The Morgan fingerprint density at radius 2 is 1.64 bits per heavy atom. The van der Waals surface area contributed by atoms with Crippen molar-refractivity contribution < 1.29 is 9.90 Å². The topological polar surface area (TPSA) is 105 Å². The summed E-state index contributed by atoms with van der Waals surface area (Å²) in [5, 5.41) is 20.0. The van der Waals surface area contributed by atoms with Gasteiger partial charge in [-0.05, 0) is 63.5 Å². The molecule has 180 valence electrons. The number of para-hydroxylation sites is 2. The number of carbonyl (C=O) groups is 1. The van der Waals surface area contributed by atoms with Gasteiger partial charge in [-0.1, -0.05) is 30.3 Å². The summed E-state index contributed by atoms with van der Waals surface area (Å²) in [6, 6.07) is 21.1. The number of hydrogen-bond acceptors (Lipinski definition) is 6. The smallest absolute Gasteiger partial charge is 0.295 e. The van der Waals surface area contributed by atoms with E-state index in [1.54, 1.807) is 54.0 Å². The van der Waals surface area contributed by atoms with Crippen molar-refractivity contribution in [2.75, 3.05) is 14.1 Å². The molecule has 0 atom stereocenters. The van der Waals surface area contributed by atoms with Crippen LogP contribution in [0.2, 0.25) is 0 Å². The van der Waals surface area contributed by atoms with Gasteiger partial charge in [-0.3, -0.25) is 23.6 Å². The molecule has 0 aliphatic rings. The molecule has 3 aromatic carbocycles. The van der Waals surface area contributed by atoms with Crippen LogP contribution in [0.25, 0.3) is 27.5 Å². The van der Waals surface area contributed by atoms with Gasteiger partial charge in [0.2, 0.25) is 5.88 Å². The molecule has 0 aliphatic carbocycles. The number of carbonyl (C=O) groups excluding carboxylic acids is 1. The zero-order chi connectivity index (χ0) is 25.4. The third-order valence-corrected chi connectivity index (χ3v) is 5.90. The highest BCUT2D eigenvalue weighted by atomic mass is 16.3. The Balaban J connectivity index is 1.46. The second-order valence-electron chi connectivity index (χ2n) is 8.71. The molecule has 2 heterocycles. The van der Waals surface area contributed by atoms with Crippen LogP contribution >= 0.6 is 0 Å². The SMILES string of the molecule is Cc1nc2ccccc2c(=O)n1-c1ccc(C(=O)N=Nc2c(O)n(CN(C)C)c3ccccc23)cc1. The van der Waals surface area contributed by atoms with Crippen LogP contribution in [0.4, 0.5) is 5.69 Å². The van der Waals surface area contributed by atoms with E-state index in [0.29, 0.717) is 40.0 Å². The van der Waals surface area contributed by atoms with E-state index in [0.717, 1.165) is 5.52 Å². The van der Waals surface area contributed by atoms with E-state index in [9.17, 15) is 14.7 Å². The van der Waals surface area contributed by atoms with Gasteiger partial charge in [0.15, 0.2) is 5.69 Å². The van der Waals surface area contributed by atoms with Crippen LogP contribution in [0.15, 0.2) is 87.8 Å². The van der Waals surface area contributed by atoms with Gasteiger partial charge < -0.3 is 5.11 Å². The minimum atomic E-state index is -0.564. The summed E-state index contributed by atoms with van der Waals surface area (Å²) in [5.41, 5.74) is 2.38. The largest absolute Gasteiger partial charge is 0.493 e. The quantitative estimate of drug-likeness (QED) is 0.364. The molecule has 5 rings (SSSR count). The van der Waals surface area contributed by atoms with Gasteiger partial charge in [-0.2, -0.15) is 0 Å². The molecule has 0 saturated heterocycles. The van der Waals surface area contributed by atoms with E-state index in [1.165, 1.54) is 4.57 Å². The molecule has 1 N–H and O–H groups in total. The summed E-state index contributed by atoms with van der Waals surface area (Å²) in [4.78, 5) is 32.2. The van der Waals surface area contributed by atoms with Crippen LogP contribution in [0.5, 0.6) is 5.88 Å². The number of nitrogens with zero attached hydrogens (tertiary/aromatic N) is 6. The number of fused-ring (bicyclic) bond motifs is 2. The van der Waals surface area contributed by atoms with Crippen LogP contribution in [0, 0.1) is 6.92 Å². The molecule has 0 bridgehead atoms. The van der Waals surface area contributed by atoms with Crippen molar-refractivity contribution in [1.82, 2.24) is 19.0 Å². The maximum absolute atomic E-state index is 13.0. The molecule has 5 aromatic rings. The molecule has 1 amide bonds. The van der Waals surface area contributed by atoms with Gasteiger partial charge in [0.25, 0.3) is 11.5 Å². The molecular weight excluding hydrogens is 456 g/mol. The molecule has 0 aliphatic heterocycles. The molecule has 36 heavy (non-hydrogen) atoms. The number of aryl methyl sites for hydroxylation is 1. The molecule has 9 nitrogen and oxygen atoms in total. The standard InChI is InChI=1S/C27H24N6O3/c1-17-28-22-10-6-4-8-20(22)26(35)33(17)19-14-12-18(13-15-19)25(34)30-29-24-21-9-5-7-11-23(21)32(27(24)36)16-31(2)3/h4-15,36H,16H2,1-3H3. The first-order valence-electron chi connectivity index (χ1n) is 11.3. The first-order chi connectivity index (χ1) is 17.3. The van der Waals surface area contributed by atoms with Crippen molar-refractivity contribution in [2.24, 2.45) is 10.2 Å². The maximum atomic E-state index is 13.0. The van der Waals surface area contributed by atoms with Crippen LogP contribution in [0.3, 0.4) is 0 Å². The number of hydrogen-bond donors (Lipinski definition) is 1. The normalized spacial score (nSPS) is 11.8. The van der Waals surface area contributed by atoms with Crippen LogP contribution in [-0.4, -0.2) is 44.1 Å². The van der Waals surface area contributed by atoms with Gasteiger partial charge in [0, 0.05) is 10.9 Å². The van der Waals surface area contributed by atoms with E-state index in [-0.39, 0.29) is 17.1 Å². The number of benzene rings is 3. The molecule has 0 unspecified atom stereocenters. The lowest BCUT2D eigenvalue weighted by atomic mass is 10.2. The summed E-state index contributed by atoms with van der Waals surface area (Å²) >= 11 is 0. The predicted molar refractivity (Wildman–Crippen MR) is 138 cm³/mol. The number of aromatic nitrogens is 3. The lowest BCUT2D eigenvalue weighted by Gasteiger charge is -2.12. The van der Waals surface area contributed by atoms with Gasteiger partial charge in [-0.25, -0.2) is 4.98 Å². The maximum Gasteiger partial charge on any atom is 0.295 e.